The average molecular weight is 200 g/mol. The molecule has 2 aliphatic heterocycles. The van der Waals surface area contributed by atoms with Gasteiger partial charge in [0.1, 0.15) is 6.10 Å². The molecule has 4 unspecified atom stereocenters. The highest BCUT2D eigenvalue weighted by molar-refractivity contribution is 4.91. The molecule has 0 amide bonds. The molecule has 0 aliphatic carbocycles. The predicted molar refractivity (Wildman–Crippen MR) is 53.0 cm³/mol. The second-order valence-corrected chi connectivity index (χ2v) is 4.77. The first kappa shape index (κ1) is 10.4. The fraction of sp³-hybridized carbons (Fsp3) is 1.00. The van der Waals surface area contributed by atoms with Gasteiger partial charge < -0.3 is 14.2 Å². The molecule has 2 heterocycles. The van der Waals surface area contributed by atoms with E-state index in [1.165, 1.54) is 0 Å². The van der Waals surface area contributed by atoms with Gasteiger partial charge >= 0.3 is 0 Å². The van der Waals surface area contributed by atoms with Crippen molar-refractivity contribution >= 4 is 0 Å². The lowest BCUT2D eigenvalue weighted by atomic mass is 9.96. The molecule has 3 heteroatoms. The zero-order chi connectivity index (χ0) is 10.3. The second-order valence-electron chi connectivity index (χ2n) is 4.77. The van der Waals surface area contributed by atoms with Gasteiger partial charge in [-0.05, 0) is 20.3 Å². The van der Waals surface area contributed by atoms with E-state index in [4.69, 9.17) is 14.2 Å². The Morgan fingerprint density at radius 2 is 2.07 bits per heavy atom. The smallest absolute Gasteiger partial charge is 0.163 e. The lowest BCUT2D eigenvalue weighted by Crippen LogP contribution is -2.48. The van der Waals surface area contributed by atoms with Crippen LogP contribution in [0, 0.1) is 5.92 Å². The zero-order valence-electron chi connectivity index (χ0n) is 9.45. The van der Waals surface area contributed by atoms with Crippen LogP contribution in [0.3, 0.4) is 0 Å². The lowest BCUT2D eigenvalue weighted by molar-refractivity contribution is -0.296. The van der Waals surface area contributed by atoms with Gasteiger partial charge in [0.25, 0.3) is 0 Å². The third kappa shape index (κ3) is 1.69. The minimum atomic E-state index is -0.443. The summed E-state index contributed by atoms with van der Waals surface area (Å²) >= 11 is 0. The average Bonchev–Trinajstić information content (AvgIpc) is 2.42. The summed E-state index contributed by atoms with van der Waals surface area (Å²) in [5.74, 6) is 0.0368. The van der Waals surface area contributed by atoms with E-state index in [-0.39, 0.29) is 12.2 Å². The molecule has 14 heavy (non-hydrogen) atoms. The summed E-state index contributed by atoms with van der Waals surface area (Å²) in [5.41, 5.74) is 0. The highest BCUT2D eigenvalue weighted by Crippen LogP contribution is 2.37. The summed E-state index contributed by atoms with van der Waals surface area (Å²) in [5, 5.41) is 0. The van der Waals surface area contributed by atoms with E-state index in [1.54, 1.807) is 0 Å². The first-order valence-electron chi connectivity index (χ1n) is 5.50. The highest BCUT2D eigenvalue weighted by Gasteiger charge is 2.47. The van der Waals surface area contributed by atoms with Gasteiger partial charge in [0.05, 0.1) is 18.8 Å². The van der Waals surface area contributed by atoms with E-state index in [0.717, 1.165) is 6.42 Å². The van der Waals surface area contributed by atoms with E-state index in [9.17, 15) is 0 Å². The van der Waals surface area contributed by atoms with Crippen LogP contribution in [-0.2, 0) is 14.2 Å². The van der Waals surface area contributed by atoms with Crippen molar-refractivity contribution in [1.29, 1.82) is 0 Å². The van der Waals surface area contributed by atoms with Gasteiger partial charge in [-0.25, -0.2) is 0 Å². The molecule has 2 fully saturated rings. The quantitative estimate of drug-likeness (QED) is 0.647. The Morgan fingerprint density at radius 1 is 1.36 bits per heavy atom. The molecule has 2 aliphatic rings. The molecule has 0 bridgehead atoms. The fourth-order valence-electron chi connectivity index (χ4n) is 2.41. The van der Waals surface area contributed by atoms with Gasteiger partial charge in [-0.2, -0.15) is 0 Å². The van der Waals surface area contributed by atoms with Crippen molar-refractivity contribution in [2.75, 3.05) is 6.61 Å². The van der Waals surface area contributed by atoms with Gasteiger partial charge in [-0.15, -0.1) is 0 Å². The molecule has 82 valence electrons. The highest BCUT2D eigenvalue weighted by atomic mass is 16.7. The number of fused-ring (bicyclic) bond motifs is 1. The number of ether oxygens (including phenoxy) is 3. The Morgan fingerprint density at radius 3 is 2.71 bits per heavy atom. The molecule has 2 saturated heterocycles. The molecule has 2 rings (SSSR count). The maximum atomic E-state index is 5.89. The fourth-order valence-corrected chi connectivity index (χ4v) is 2.41. The zero-order valence-corrected chi connectivity index (χ0v) is 9.45. The molecule has 0 aromatic carbocycles. The number of hydrogen-bond donors (Lipinski definition) is 0. The topological polar surface area (TPSA) is 27.7 Å². The van der Waals surface area contributed by atoms with Crippen molar-refractivity contribution in [2.24, 2.45) is 5.92 Å². The van der Waals surface area contributed by atoms with Gasteiger partial charge in [0.2, 0.25) is 0 Å². The van der Waals surface area contributed by atoms with Crippen molar-refractivity contribution in [3.63, 3.8) is 0 Å². The van der Waals surface area contributed by atoms with Crippen LogP contribution < -0.4 is 0 Å². The summed E-state index contributed by atoms with van der Waals surface area (Å²) in [4.78, 5) is 0. The minimum absolute atomic E-state index is 0.142. The molecular formula is C11H20O3. The Hall–Kier alpha value is -0.120. The SMILES string of the molecule is CCC1OC2COC(C)(C)OC2C1C. The molecule has 0 saturated carbocycles. The molecule has 0 radical (unpaired) electrons. The largest absolute Gasteiger partial charge is 0.369 e. The van der Waals surface area contributed by atoms with Crippen LogP contribution in [0.15, 0.2) is 0 Å². The number of rotatable bonds is 1. The van der Waals surface area contributed by atoms with E-state index in [1.807, 2.05) is 13.8 Å². The van der Waals surface area contributed by atoms with Crippen LogP contribution in [0.1, 0.15) is 34.1 Å². The van der Waals surface area contributed by atoms with Crippen LogP contribution in [0.25, 0.3) is 0 Å². The Labute approximate surface area is 85.7 Å². The maximum Gasteiger partial charge on any atom is 0.163 e. The van der Waals surface area contributed by atoms with Gasteiger partial charge in [0.15, 0.2) is 5.79 Å². The lowest BCUT2D eigenvalue weighted by Gasteiger charge is -2.38. The van der Waals surface area contributed by atoms with Gasteiger partial charge in [-0.3, -0.25) is 0 Å². The van der Waals surface area contributed by atoms with Crippen molar-refractivity contribution in [1.82, 2.24) is 0 Å². The van der Waals surface area contributed by atoms with Crippen LogP contribution in [0.4, 0.5) is 0 Å². The van der Waals surface area contributed by atoms with Crippen LogP contribution >= 0.6 is 0 Å². The van der Waals surface area contributed by atoms with Crippen molar-refractivity contribution in [2.45, 2.75) is 58.2 Å². The first-order chi connectivity index (χ1) is 6.53. The van der Waals surface area contributed by atoms with Crippen molar-refractivity contribution in [3.05, 3.63) is 0 Å². The summed E-state index contributed by atoms with van der Waals surface area (Å²) in [6.45, 7) is 8.97. The molecule has 0 spiro atoms. The monoisotopic (exact) mass is 200 g/mol. The predicted octanol–water partition coefficient (Wildman–Crippen LogP) is 1.95. The second kappa shape index (κ2) is 3.47. The van der Waals surface area contributed by atoms with Crippen molar-refractivity contribution in [3.8, 4) is 0 Å². The van der Waals surface area contributed by atoms with Crippen molar-refractivity contribution < 1.29 is 14.2 Å². The summed E-state index contributed by atoms with van der Waals surface area (Å²) in [6, 6.07) is 0. The van der Waals surface area contributed by atoms with E-state index in [2.05, 4.69) is 13.8 Å². The maximum absolute atomic E-state index is 5.89. The van der Waals surface area contributed by atoms with Gasteiger partial charge in [-0.1, -0.05) is 13.8 Å². The summed E-state index contributed by atoms with van der Waals surface area (Å²) < 4.78 is 17.3. The molecule has 0 aromatic heterocycles. The normalized spacial score (nSPS) is 46.3. The Balaban J connectivity index is 2.07. The molecule has 3 nitrogen and oxygen atoms in total. The third-order valence-corrected chi connectivity index (χ3v) is 3.24. The summed E-state index contributed by atoms with van der Waals surface area (Å²) in [6.07, 6.45) is 1.74. The Bertz CT molecular complexity index is 213. The summed E-state index contributed by atoms with van der Waals surface area (Å²) in [7, 11) is 0. The van der Waals surface area contributed by atoms with Crippen LogP contribution in [0.2, 0.25) is 0 Å². The molecule has 4 atom stereocenters. The van der Waals surface area contributed by atoms with Crippen LogP contribution in [-0.4, -0.2) is 30.7 Å². The molecular weight excluding hydrogens is 180 g/mol. The van der Waals surface area contributed by atoms with E-state index >= 15 is 0 Å². The Kier molecular flexibility index (Phi) is 2.58. The van der Waals surface area contributed by atoms with Crippen LogP contribution in [0.5, 0.6) is 0 Å². The van der Waals surface area contributed by atoms with Gasteiger partial charge in [0, 0.05) is 5.92 Å². The minimum Gasteiger partial charge on any atom is -0.369 e. The molecule has 0 aromatic rings. The van der Waals surface area contributed by atoms with E-state index < -0.39 is 5.79 Å². The third-order valence-electron chi connectivity index (χ3n) is 3.24. The van der Waals surface area contributed by atoms with E-state index in [0.29, 0.717) is 18.6 Å². The first-order valence-corrected chi connectivity index (χ1v) is 5.50. The number of hydrogen-bond acceptors (Lipinski definition) is 3. The molecule has 0 N–H and O–H groups in total. The standard InChI is InChI=1S/C11H20O3/c1-5-8-7(2)10-9(13-8)6-12-11(3,4)14-10/h7-10H,5-6H2,1-4H3.